The fraction of sp³-hybridized carbons (Fsp3) is 0.611. The monoisotopic (exact) mass is 322 g/mol. The highest BCUT2D eigenvalue weighted by atomic mass is 19.1. The van der Waals surface area contributed by atoms with Crippen molar-refractivity contribution in [2.45, 2.75) is 45.3 Å². The van der Waals surface area contributed by atoms with Crippen LogP contribution in [-0.2, 0) is 4.74 Å². The molecule has 1 unspecified atom stereocenters. The average Bonchev–Trinajstić information content (AvgIpc) is 2.47. The normalized spacial score (nSPS) is 17.9. The molecule has 0 bridgehead atoms. The van der Waals surface area contributed by atoms with Crippen LogP contribution in [0.1, 0.15) is 45.2 Å². The standard InChI is InChI=1S/C18H27FN2O2/c1-18(2,3)23-17(22)21-10-8-13(9-11-21)16(20-4)14-6-5-7-15(19)12-14/h5-7,12-13,16,20H,8-11H2,1-4H3. The highest BCUT2D eigenvalue weighted by Crippen LogP contribution is 2.31. The fourth-order valence-electron chi connectivity index (χ4n) is 3.12. The predicted molar refractivity (Wildman–Crippen MR) is 88.7 cm³/mol. The number of likely N-dealkylation sites (tertiary alicyclic amines) is 1. The summed E-state index contributed by atoms with van der Waals surface area (Å²) in [6, 6.07) is 6.84. The predicted octanol–water partition coefficient (Wildman–Crippen LogP) is 3.73. The maximum atomic E-state index is 13.5. The van der Waals surface area contributed by atoms with Crippen LogP contribution in [0.15, 0.2) is 24.3 Å². The molecule has 1 saturated heterocycles. The zero-order valence-corrected chi connectivity index (χ0v) is 14.4. The maximum absolute atomic E-state index is 13.5. The van der Waals surface area contributed by atoms with Crippen LogP contribution in [0, 0.1) is 11.7 Å². The lowest BCUT2D eigenvalue weighted by atomic mass is 9.85. The maximum Gasteiger partial charge on any atom is 0.410 e. The molecule has 1 fully saturated rings. The second kappa shape index (κ2) is 7.30. The molecule has 2 rings (SSSR count). The second-order valence-electron chi connectivity index (χ2n) is 7.13. The van der Waals surface area contributed by atoms with Crippen LogP contribution in [0.2, 0.25) is 0 Å². The van der Waals surface area contributed by atoms with Crippen molar-refractivity contribution in [2.24, 2.45) is 5.92 Å². The van der Waals surface area contributed by atoms with E-state index in [1.807, 2.05) is 33.9 Å². The number of amides is 1. The zero-order valence-electron chi connectivity index (χ0n) is 14.4. The molecule has 1 aliphatic heterocycles. The Bertz CT molecular complexity index is 534. The lowest BCUT2D eigenvalue weighted by molar-refractivity contribution is 0.0170. The van der Waals surface area contributed by atoms with Crippen molar-refractivity contribution < 1.29 is 13.9 Å². The van der Waals surface area contributed by atoms with Crippen molar-refractivity contribution in [3.05, 3.63) is 35.6 Å². The number of piperidine rings is 1. The zero-order chi connectivity index (χ0) is 17.0. The molecular formula is C18H27FN2O2. The molecule has 0 aromatic heterocycles. The van der Waals surface area contributed by atoms with Crippen molar-refractivity contribution in [1.82, 2.24) is 10.2 Å². The van der Waals surface area contributed by atoms with Gasteiger partial charge in [0, 0.05) is 19.1 Å². The Morgan fingerprint density at radius 1 is 1.35 bits per heavy atom. The molecule has 0 aliphatic carbocycles. The summed E-state index contributed by atoms with van der Waals surface area (Å²) in [6.07, 6.45) is 1.51. The summed E-state index contributed by atoms with van der Waals surface area (Å²) in [5.74, 6) is 0.162. The molecule has 0 saturated carbocycles. The molecule has 1 N–H and O–H groups in total. The number of rotatable bonds is 3. The number of carbonyl (C=O) groups is 1. The van der Waals surface area contributed by atoms with Crippen LogP contribution in [0.5, 0.6) is 0 Å². The Labute approximate surface area is 138 Å². The molecule has 4 nitrogen and oxygen atoms in total. The van der Waals surface area contributed by atoms with Gasteiger partial charge in [0.25, 0.3) is 0 Å². The van der Waals surface area contributed by atoms with Gasteiger partial charge in [-0.2, -0.15) is 0 Å². The number of nitrogens with zero attached hydrogens (tertiary/aromatic N) is 1. The first kappa shape index (κ1) is 17.7. The summed E-state index contributed by atoms with van der Waals surface area (Å²) >= 11 is 0. The number of hydrogen-bond acceptors (Lipinski definition) is 3. The van der Waals surface area contributed by atoms with Crippen LogP contribution < -0.4 is 5.32 Å². The van der Waals surface area contributed by atoms with E-state index in [0.29, 0.717) is 19.0 Å². The number of nitrogens with one attached hydrogen (secondary N) is 1. The minimum atomic E-state index is -0.469. The molecule has 128 valence electrons. The van der Waals surface area contributed by atoms with Gasteiger partial charge in [-0.05, 0) is 64.3 Å². The molecule has 5 heteroatoms. The molecule has 1 aliphatic rings. The van der Waals surface area contributed by atoms with E-state index in [0.717, 1.165) is 18.4 Å². The van der Waals surface area contributed by atoms with Crippen LogP contribution in [-0.4, -0.2) is 36.7 Å². The van der Waals surface area contributed by atoms with Crippen LogP contribution >= 0.6 is 0 Å². The van der Waals surface area contributed by atoms with Gasteiger partial charge in [-0.25, -0.2) is 9.18 Å². The fourth-order valence-corrected chi connectivity index (χ4v) is 3.12. The van der Waals surface area contributed by atoms with E-state index in [1.54, 1.807) is 17.0 Å². The molecule has 1 aromatic rings. The van der Waals surface area contributed by atoms with E-state index < -0.39 is 5.60 Å². The van der Waals surface area contributed by atoms with Crippen molar-refractivity contribution >= 4 is 6.09 Å². The van der Waals surface area contributed by atoms with Gasteiger partial charge in [0.15, 0.2) is 0 Å². The number of hydrogen-bond donors (Lipinski definition) is 1. The first-order valence-electron chi connectivity index (χ1n) is 8.21. The average molecular weight is 322 g/mol. The second-order valence-corrected chi connectivity index (χ2v) is 7.13. The van der Waals surface area contributed by atoms with Crippen molar-refractivity contribution in [1.29, 1.82) is 0 Å². The molecule has 1 aromatic carbocycles. The summed E-state index contributed by atoms with van der Waals surface area (Å²) < 4.78 is 18.9. The van der Waals surface area contributed by atoms with Gasteiger partial charge >= 0.3 is 6.09 Å². The Kier molecular flexibility index (Phi) is 5.63. The Balaban J connectivity index is 1.96. The Hall–Kier alpha value is -1.62. The van der Waals surface area contributed by atoms with E-state index in [4.69, 9.17) is 4.74 Å². The van der Waals surface area contributed by atoms with E-state index >= 15 is 0 Å². The van der Waals surface area contributed by atoms with Gasteiger partial charge in [-0.15, -0.1) is 0 Å². The summed E-state index contributed by atoms with van der Waals surface area (Å²) in [6.45, 7) is 6.97. The molecule has 0 radical (unpaired) electrons. The van der Waals surface area contributed by atoms with Gasteiger partial charge in [0.05, 0.1) is 0 Å². The first-order valence-corrected chi connectivity index (χ1v) is 8.21. The summed E-state index contributed by atoms with van der Waals surface area (Å²) in [5.41, 5.74) is 0.492. The molecule has 1 atom stereocenters. The third-order valence-corrected chi connectivity index (χ3v) is 4.18. The van der Waals surface area contributed by atoms with E-state index in [1.165, 1.54) is 6.07 Å². The molecule has 1 heterocycles. The topological polar surface area (TPSA) is 41.6 Å². The van der Waals surface area contributed by atoms with E-state index in [-0.39, 0.29) is 18.0 Å². The highest BCUT2D eigenvalue weighted by molar-refractivity contribution is 5.68. The van der Waals surface area contributed by atoms with Gasteiger partial charge in [0.2, 0.25) is 0 Å². The summed E-state index contributed by atoms with van der Waals surface area (Å²) in [7, 11) is 1.90. The van der Waals surface area contributed by atoms with Gasteiger partial charge < -0.3 is 15.0 Å². The van der Waals surface area contributed by atoms with Gasteiger partial charge in [0.1, 0.15) is 11.4 Å². The first-order chi connectivity index (χ1) is 10.8. The summed E-state index contributed by atoms with van der Waals surface area (Å²) in [4.78, 5) is 13.9. The third-order valence-electron chi connectivity index (χ3n) is 4.18. The van der Waals surface area contributed by atoms with Crippen molar-refractivity contribution in [3.8, 4) is 0 Å². The third kappa shape index (κ3) is 4.93. The van der Waals surface area contributed by atoms with Crippen LogP contribution in [0.4, 0.5) is 9.18 Å². The smallest absolute Gasteiger partial charge is 0.410 e. The molecular weight excluding hydrogens is 295 g/mol. The lowest BCUT2D eigenvalue weighted by Crippen LogP contribution is -2.43. The minimum Gasteiger partial charge on any atom is -0.444 e. The SMILES string of the molecule is CNC(c1cccc(F)c1)C1CCN(C(=O)OC(C)(C)C)CC1. The number of carbonyl (C=O) groups excluding carboxylic acids is 1. The van der Waals surface area contributed by atoms with Crippen LogP contribution in [0.3, 0.4) is 0 Å². The number of ether oxygens (including phenoxy) is 1. The van der Waals surface area contributed by atoms with Crippen LogP contribution in [0.25, 0.3) is 0 Å². The Morgan fingerprint density at radius 3 is 2.52 bits per heavy atom. The van der Waals surface area contributed by atoms with Gasteiger partial charge in [-0.1, -0.05) is 12.1 Å². The van der Waals surface area contributed by atoms with E-state index in [9.17, 15) is 9.18 Å². The molecule has 1 amide bonds. The largest absolute Gasteiger partial charge is 0.444 e. The van der Waals surface area contributed by atoms with Crippen molar-refractivity contribution in [3.63, 3.8) is 0 Å². The number of halogens is 1. The summed E-state index contributed by atoms with van der Waals surface area (Å²) in [5, 5.41) is 3.30. The van der Waals surface area contributed by atoms with Crippen molar-refractivity contribution in [2.75, 3.05) is 20.1 Å². The van der Waals surface area contributed by atoms with E-state index in [2.05, 4.69) is 5.32 Å². The minimum absolute atomic E-state index is 0.103. The van der Waals surface area contributed by atoms with Gasteiger partial charge in [-0.3, -0.25) is 0 Å². The quantitative estimate of drug-likeness (QED) is 0.922. The highest BCUT2D eigenvalue weighted by Gasteiger charge is 2.30. The Morgan fingerprint density at radius 2 is 2.00 bits per heavy atom. The molecule has 0 spiro atoms. The lowest BCUT2D eigenvalue weighted by Gasteiger charge is -2.36. The molecule has 23 heavy (non-hydrogen) atoms. The number of benzene rings is 1.